The summed E-state index contributed by atoms with van der Waals surface area (Å²) in [7, 11) is 0. The molecular formula is C17H25NO. The van der Waals surface area contributed by atoms with Gasteiger partial charge in [0.15, 0.2) is 0 Å². The van der Waals surface area contributed by atoms with Crippen LogP contribution in [0.1, 0.15) is 56.6 Å². The molecular weight excluding hydrogens is 234 g/mol. The molecule has 0 aromatic heterocycles. The fourth-order valence-corrected chi connectivity index (χ4v) is 3.74. The average molecular weight is 259 g/mol. The second kappa shape index (κ2) is 5.16. The fourth-order valence-electron chi connectivity index (χ4n) is 3.74. The fraction of sp³-hybridized carbons (Fsp3) is 0.647. The van der Waals surface area contributed by atoms with Crippen LogP contribution >= 0.6 is 0 Å². The second-order valence-corrected chi connectivity index (χ2v) is 6.33. The molecule has 3 rings (SSSR count). The van der Waals surface area contributed by atoms with E-state index in [0.717, 1.165) is 12.3 Å². The highest BCUT2D eigenvalue weighted by atomic mass is 16.5. The van der Waals surface area contributed by atoms with Crippen LogP contribution in [0, 0.1) is 6.92 Å². The predicted octanol–water partition coefficient (Wildman–Crippen LogP) is 3.92. The Morgan fingerprint density at radius 2 is 2.00 bits per heavy atom. The summed E-state index contributed by atoms with van der Waals surface area (Å²) in [5.41, 5.74) is 2.84. The Bertz CT molecular complexity index is 443. The van der Waals surface area contributed by atoms with E-state index < -0.39 is 0 Å². The summed E-state index contributed by atoms with van der Waals surface area (Å²) in [5, 5.41) is 3.68. The lowest BCUT2D eigenvalue weighted by molar-refractivity contribution is 0.202. The van der Waals surface area contributed by atoms with E-state index in [1.54, 1.807) is 0 Å². The molecule has 0 spiro atoms. The number of benzene rings is 1. The highest BCUT2D eigenvalue weighted by Crippen LogP contribution is 2.39. The van der Waals surface area contributed by atoms with Crippen molar-refractivity contribution in [2.24, 2.45) is 0 Å². The second-order valence-electron chi connectivity index (χ2n) is 6.33. The predicted molar refractivity (Wildman–Crippen MR) is 78.7 cm³/mol. The lowest BCUT2D eigenvalue weighted by atomic mass is 9.86. The number of nitrogens with one attached hydrogen (secondary N) is 1. The smallest absolute Gasteiger partial charge is 0.125 e. The molecule has 0 radical (unpaired) electrons. The van der Waals surface area contributed by atoms with Crippen molar-refractivity contribution in [3.8, 4) is 5.75 Å². The van der Waals surface area contributed by atoms with E-state index in [1.165, 1.54) is 49.7 Å². The highest BCUT2D eigenvalue weighted by molar-refractivity contribution is 5.45. The minimum atomic E-state index is 0.0965. The van der Waals surface area contributed by atoms with Crippen molar-refractivity contribution in [3.63, 3.8) is 0 Å². The molecule has 0 bridgehead atoms. The van der Waals surface area contributed by atoms with Crippen LogP contribution in [0.5, 0.6) is 5.75 Å². The van der Waals surface area contributed by atoms with Crippen molar-refractivity contribution in [3.05, 3.63) is 29.3 Å². The van der Waals surface area contributed by atoms with Crippen molar-refractivity contribution in [2.75, 3.05) is 6.54 Å². The van der Waals surface area contributed by atoms with E-state index in [1.807, 2.05) is 0 Å². The molecule has 1 heterocycles. The first-order valence-electron chi connectivity index (χ1n) is 7.71. The number of hydrogen-bond donors (Lipinski definition) is 1. The standard InChI is InChI=1S/C17H25NO/c1-13-7-5-10-15(19-14-8-3-4-9-14)16(13)17(2)11-6-12-18-17/h5,7,10,14,18H,3-4,6,8-9,11-12H2,1-2H3. The van der Waals surface area contributed by atoms with E-state index in [-0.39, 0.29) is 5.54 Å². The Labute approximate surface area is 116 Å². The largest absolute Gasteiger partial charge is 0.490 e. The molecule has 1 N–H and O–H groups in total. The normalized spacial score (nSPS) is 27.9. The molecule has 1 aromatic rings. The van der Waals surface area contributed by atoms with Gasteiger partial charge in [0.25, 0.3) is 0 Å². The molecule has 1 aliphatic heterocycles. The van der Waals surface area contributed by atoms with Gasteiger partial charge in [0.1, 0.15) is 5.75 Å². The summed E-state index contributed by atoms with van der Waals surface area (Å²) >= 11 is 0. The molecule has 104 valence electrons. The third-order valence-electron chi connectivity index (χ3n) is 4.75. The molecule has 2 heteroatoms. The van der Waals surface area contributed by atoms with Gasteiger partial charge in [0.05, 0.1) is 6.10 Å². The molecule has 1 saturated heterocycles. The van der Waals surface area contributed by atoms with E-state index in [0.29, 0.717) is 6.10 Å². The summed E-state index contributed by atoms with van der Waals surface area (Å²) < 4.78 is 6.32. The quantitative estimate of drug-likeness (QED) is 0.888. The Balaban J connectivity index is 1.92. The molecule has 2 fully saturated rings. The van der Waals surface area contributed by atoms with Crippen LogP contribution in [0.15, 0.2) is 18.2 Å². The molecule has 1 unspecified atom stereocenters. The first-order valence-corrected chi connectivity index (χ1v) is 7.71. The van der Waals surface area contributed by atoms with Crippen molar-refractivity contribution in [2.45, 2.75) is 64.0 Å². The monoisotopic (exact) mass is 259 g/mol. The molecule has 2 nitrogen and oxygen atoms in total. The maximum atomic E-state index is 6.32. The summed E-state index contributed by atoms with van der Waals surface area (Å²) in [5.74, 6) is 1.11. The van der Waals surface area contributed by atoms with Gasteiger partial charge in [-0.15, -0.1) is 0 Å². The molecule has 1 atom stereocenters. The van der Waals surface area contributed by atoms with Crippen molar-refractivity contribution >= 4 is 0 Å². The maximum absolute atomic E-state index is 6.32. The van der Waals surface area contributed by atoms with Crippen LogP contribution < -0.4 is 10.1 Å². The minimum absolute atomic E-state index is 0.0965. The summed E-state index contributed by atoms with van der Waals surface area (Å²) in [6, 6.07) is 6.50. The number of aryl methyl sites for hydroxylation is 1. The third kappa shape index (κ3) is 2.51. The summed E-state index contributed by atoms with van der Waals surface area (Å²) in [4.78, 5) is 0. The van der Waals surface area contributed by atoms with Crippen molar-refractivity contribution < 1.29 is 4.74 Å². The lowest BCUT2D eigenvalue weighted by Gasteiger charge is -2.30. The first kappa shape index (κ1) is 13.0. The Hall–Kier alpha value is -1.02. The van der Waals surface area contributed by atoms with E-state index in [2.05, 4.69) is 37.4 Å². The Kier molecular flexibility index (Phi) is 3.53. The van der Waals surface area contributed by atoms with E-state index in [4.69, 9.17) is 4.74 Å². The highest BCUT2D eigenvalue weighted by Gasteiger charge is 2.34. The van der Waals surface area contributed by atoms with Crippen LogP contribution in [-0.2, 0) is 5.54 Å². The van der Waals surface area contributed by atoms with Crippen LogP contribution in [0.3, 0.4) is 0 Å². The topological polar surface area (TPSA) is 21.3 Å². The summed E-state index contributed by atoms with van der Waals surface area (Å²) in [6.45, 7) is 5.65. The van der Waals surface area contributed by atoms with Crippen LogP contribution in [0.25, 0.3) is 0 Å². The van der Waals surface area contributed by atoms with Crippen molar-refractivity contribution in [1.29, 1.82) is 0 Å². The molecule has 1 aromatic carbocycles. The van der Waals surface area contributed by atoms with Gasteiger partial charge in [0, 0.05) is 11.1 Å². The Morgan fingerprint density at radius 3 is 2.68 bits per heavy atom. The molecule has 0 amide bonds. The molecule has 1 aliphatic carbocycles. The van der Waals surface area contributed by atoms with Gasteiger partial charge in [-0.1, -0.05) is 12.1 Å². The zero-order chi connectivity index (χ0) is 13.3. The Morgan fingerprint density at radius 1 is 1.21 bits per heavy atom. The van der Waals surface area contributed by atoms with Gasteiger partial charge in [-0.25, -0.2) is 0 Å². The van der Waals surface area contributed by atoms with E-state index >= 15 is 0 Å². The average Bonchev–Trinajstić information content (AvgIpc) is 3.01. The maximum Gasteiger partial charge on any atom is 0.125 e. The number of hydrogen-bond acceptors (Lipinski definition) is 2. The zero-order valence-electron chi connectivity index (χ0n) is 12.2. The first-order chi connectivity index (χ1) is 9.19. The van der Waals surface area contributed by atoms with Crippen LogP contribution in [-0.4, -0.2) is 12.6 Å². The molecule has 1 saturated carbocycles. The van der Waals surface area contributed by atoms with Gasteiger partial charge < -0.3 is 10.1 Å². The third-order valence-corrected chi connectivity index (χ3v) is 4.75. The van der Waals surface area contributed by atoms with Gasteiger partial charge in [-0.2, -0.15) is 0 Å². The number of rotatable bonds is 3. The van der Waals surface area contributed by atoms with E-state index in [9.17, 15) is 0 Å². The van der Waals surface area contributed by atoms with Gasteiger partial charge in [0.2, 0.25) is 0 Å². The number of ether oxygens (including phenoxy) is 1. The van der Waals surface area contributed by atoms with Crippen molar-refractivity contribution in [1.82, 2.24) is 5.32 Å². The van der Waals surface area contributed by atoms with Gasteiger partial charge in [-0.05, 0) is 70.5 Å². The lowest BCUT2D eigenvalue weighted by Crippen LogP contribution is -2.34. The minimum Gasteiger partial charge on any atom is -0.490 e. The van der Waals surface area contributed by atoms with Gasteiger partial charge >= 0.3 is 0 Å². The van der Waals surface area contributed by atoms with Gasteiger partial charge in [-0.3, -0.25) is 0 Å². The summed E-state index contributed by atoms with van der Waals surface area (Å²) in [6.07, 6.45) is 7.98. The molecule has 19 heavy (non-hydrogen) atoms. The van der Waals surface area contributed by atoms with Crippen LogP contribution in [0.4, 0.5) is 0 Å². The zero-order valence-corrected chi connectivity index (χ0v) is 12.2. The SMILES string of the molecule is Cc1cccc(OC2CCCC2)c1C1(C)CCCN1. The van der Waals surface area contributed by atoms with Crippen LogP contribution in [0.2, 0.25) is 0 Å². The molecule has 2 aliphatic rings.